The number of amides is 1. The van der Waals surface area contributed by atoms with Crippen molar-refractivity contribution in [3.8, 4) is 11.7 Å². The molecule has 0 aliphatic heterocycles. The van der Waals surface area contributed by atoms with Crippen LogP contribution in [0.25, 0.3) is 0 Å². The van der Waals surface area contributed by atoms with E-state index in [0.717, 1.165) is 17.7 Å². The molecule has 1 amide bonds. The fourth-order valence-electron chi connectivity index (χ4n) is 4.66. The summed E-state index contributed by atoms with van der Waals surface area (Å²) in [6.45, 7) is 13.2. The Kier molecular flexibility index (Phi) is 5.85. The van der Waals surface area contributed by atoms with E-state index in [1.165, 1.54) is 23.3 Å². The van der Waals surface area contributed by atoms with Crippen LogP contribution in [-0.4, -0.2) is 10.9 Å². The Bertz CT molecular complexity index is 1260. The maximum absolute atomic E-state index is 12.6. The summed E-state index contributed by atoms with van der Waals surface area (Å²) in [7, 11) is 0. The van der Waals surface area contributed by atoms with Crippen molar-refractivity contribution in [2.24, 2.45) is 5.92 Å². The van der Waals surface area contributed by atoms with E-state index in [0.29, 0.717) is 17.9 Å². The number of carbonyl (C=O) groups excluding carboxylic acids is 1. The molecule has 4 rings (SSSR count). The predicted octanol–water partition coefficient (Wildman–Crippen LogP) is 6.76. The summed E-state index contributed by atoms with van der Waals surface area (Å²) in [4.78, 5) is 16.0. The first-order valence-electron chi connectivity index (χ1n) is 11.2. The summed E-state index contributed by atoms with van der Waals surface area (Å²) in [5, 5.41) is 0. The van der Waals surface area contributed by atoms with E-state index in [1.807, 2.05) is 6.92 Å². The second-order valence-corrected chi connectivity index (χ2v) is 10.1. The van der Waals surface area contributed by atoms with E-state index >= 15 is 0 Å². The lowest BCUT2D eigenvalue weighted by Crippen LogP contribution is -2.30. The molecule has 3 aromatic rings. The fourth-order valence-corrected chi connectivity index (χ4v) is 4.66. The van der Waals surface area contributed by atoms with Crippen LogP contribution in [0.2, 0.25) is 0 Å². The molecule has 1 unspecified atom stereocenters. The van der Waals surface area contributed by atoms with Gasteiger partial charge in [0.15, 0.2) is 5.76 Å². The molecule has 0 saturated heterocycles. The van der Waals surface area contributed by atoms with E-state index in [9.17, 15) is 18.0 Å². The number of ether oxygens (including phenoxy) is 1. The Morgan fingerprint density at radius 2 is 1.71 bits per heavy atom. The SMILES string of the molecule is Cc1cc2c(cc1Oc1ccc(C(=O)NNc3ccc(C(F)(F)F)cn3)o1)C(C)(C)C(C)C2(C)C. The Balaban J connectivity index is 1.45. The van der Waals surface area contributed by atoms with Gasteiger partial charge in [0.25, 0.3) is 5.95 Å². The standard InChI is InChI=1S/C26H28F3N3O3/c1-14-11-17-18(25(5,6)15(2)24(17,3)4)12-20(14)35-22-10-8-19(34-22)23(33)32-31-21-9-7-16(13-30-21)26(27,28)29/h7-13,15H,1-6H3,(H,30,31)(H,32,33). The highest BCUT2D eigenvalue weighted by Crippen LogP contribution is 2.55. The van der Waals surface area contributed by atoms with Gasteiger partial charge in [0, 0.05) is 12.3 Å². The maximum atomic E-state index is 12.6. The van der Waals surface area contributed by atoms with Crippen molar-refractivity contribution in [3.63, 3.8) is 0 Å². The van der Waals surface area contributed by atoms with Crippen LogP contribution in [0.15, 0.2) is 47.0 Å². The molecule has 2 aromatic heterocycles. The highest BCUT2D eigenvalue weighted by Gasteiger charge is 2.48. The molecule has 6 nitrogen and oxygen atoms in total. The van der Waals surface area contributed by atoms with Gasteiger partial charge in [0.1, 0.15) is 11.6 Å². The number of fused-ring (bicyclic) bond motifs is 1. The third-order valence-corrected chi connectivity index (χ3v) is 7.28. The van der Waals surface area contributed by atoms with Crippen LogP contribution in [0, 0.1) is 12.8 Å². The van der Waals surface area contributed by atoms with Gasteiger partial charge in [0.05, 0.1) is 5.56 Å². The lowest BCUT2D eigenvalue weighted by Gasteiger charge is -2.32. The number of hydrogen-bond acceptors (Lipinski definition) is 5. The van der Waals surface area contributed by atoms with Gasteiger partial charge in [-0.1, -0.05) is 40.7 Å². The molecule has 0 radical (unpaired) electrons. The van der Waals surface area contributed by atoms with E-state index in [2.05, 4.69) is 62.6 Å². The average molecular weight is 488 g/mol. The number of alkyl halides is 3. The van der Waals surface area contributed by atoms with Crippen LogP contribution in [0.1, 0.15) is 67.4 Å². The van der Waals surface area contributed by atoms with Crippen LogP contribution < -0.4 is 15.6 Å². The molecule has 1 atom stereocenters. The molecular formula is C26H28F3N3O3. The number of furan rings is 1. The van der Waals surface area contributed by atoms with Crippen LogP contribution in [0.5, 0.6) is 11.7 Å². The zero-order valence-corrected chi connectivity index (χ0v) is 20.4. The molecule has 0 fully saturated rings. The molecule has 2 heterocycles. The quantitative estimate of drug-likeness (QED) is 0.389. The van der Waals surface area contributed by atoms with E-state index in [-0.39, 0.29) is 28.4 Å². The summed E-state index contributed by atoms with van der Waals surface area (Å²) < 4.78 is 49.4. The summed E-state index contributed by atoms with van der Waals surface area (Å²) in [6, 6.07) is 9.17. The number of nitrogens with zero attached hydrogens (tertiary/aromatic N) is 1. The zero-order chi connectivity index (χ0) is 25.8. The number of aryl methyl sites for hydroxylation is 1. The van der Waals surface area contributed by atoms with Gasteiger partial charge >= 0.3 is 12.1 Å². The van der Waals surface area contributed by atoms with Crippen molar-refractivity contribution in [2.75, 3.05) is 5.43 Å². The van der Waals surface area contributed by atoms with Crippen molar-refractivity contribution < 1.29 is 27.1 Å². The first-order chi connectivity index (χ1) is 16.2. The second kappa shape index (κ2) is 8.32. The molecule has 0 spiro atoms. The highest BCUT2D eigenvalue weighted by atomic mass is 19.4. The third kappa shape index (κ3) is 4.47. The molecular weight excluding hydrogens is 459 g/mol. The molecule has 0 bridgehead atoms. The van der Waals surface area contributed by atoms with Gasteiger partial charge in [-0.25, -0.2) is 4.98 Å². The van der Waals surface area contributed by atoms with Gasteiger partial charge in [-0.2, -0.15) is 13.2 Å². The topological polar surface area (TPSA) is 76.4 Å². The number of nitrogens with one attached hydrogen (secondary N) is 2. The molecule has 35 heavy (non-hydrogen) atoms. The van der Waals surface area contributed by atoms with Crippen LogP contribution in [-0.2, 0) is 17.0 Å². The number of hydrogen-bond donors (Lipinski definition) is 2. The maximum Gasteiger partial charge on any atom is 0.417 e. The van der Waals surface area contributed by atoms with Crippen molar-refractivity contribution in [1.29, 1.82) is 0 Å². The predicted molar refractivity (Wildman–Crippen MR) is 126 cm³/mol. The van der Waals surface area contributed by atoms with Crippen molar-refractivity contribution in [1.82, 2.24) is 10.4 Å². The number of pyridine rings is 1. The van der Waals surface area contributed by atoms with Crippen LogP contribution in [0.4, 0.5) is 19.0 Å². The molecule has 2 N–H and O–H groups in total. The zero-order valence-electron chi connectivity index (χ0n) is 20.4. The summed E-state index contributed by atoms with van der Waals surface area (Å²) in [5.74, 6) is 0.606. The minimum Gasteiger partial charge on any atom is -0.426 e. The van der Waals surface area contributed by atoms with Gasteiger partial charge in [-0.15, -0.1) is 0 Å². The average Bonchev–Trinajstić information content (AvgIpc) is 3.30. The van der Waals surface area contributed by atoms with Crippen molar-refractivity contribution in [3.05, 3.63) is 70.6 Å². The first kappa shape index (κ1) is 24.6. The van der Waals surface area contributed by atoms with Crippen LogP contribution >= 0.6 is 0 Å². The minimum absolute atomic E-state index is 0.0309. The van der Waals surface area contributed by atoms with Gasteiger partial charge in [-0.05, 0) is 64.6 Å². The van der Waals surface area contributed by atoms with Gasteiger partial charge < -0.3 is 9.15 Å². The van der Waals surface area contributed by atoms with Crippen LogP contribution in [0.3, 0.4) is 0 Å². The van der Waals surface area contributed by atoms with Crippen molar-refractivity contribution in [2.45, 2.75) is 58.5 Å². The number of rotatable bonds is 5. The summed E-state index contributed by atoms with van der Waals surface area (Å²) in [6.07, 6.45) is -3.81. The number of benzene rings is 1. The monoisotopic (exact) mass is 487 g/mol. The molecule has 1 aromatic carbocycles. The molecule has 1 aliphatic rings. The molecule has 1 aliphatic carbocycles. The smallest absolute Gasteiger partial charge is 0.417 e. The molecule has 0 saturated carbocycles. The van der Waals surface area contributed by atoms with E-state index < -0.39 is 17.6 Å². The minimum atomic E-state index is -4.49. The fraction of sp³-hybridized carbons (Fsp3) is 0.385. The lowest BCUT2D eigenvalue weighted by molar-refractivity contribution is -0.137. The highest BCUT2D eigenvalue weighted by molar-refractivity contribution is 5.92. The number of hydrazine groups is 1. The molecule has 186 valence electrons. The van der Waals surface area contributed by atoms with E-state index in [1.54, 1.807) is 0 Å². The Morgan fingerprint density at radius 3 is 2.31 bits per heavy atom. The van der Waals surface area contributed by atoms with Gasteiger partial charge in [-0.3, -0.25) is 15.6 Å². The molecule has 9 heteroatoms. The summed E-state index contributed by atoms with van der Waals surface area (Å²) in [5.41, 5.74) is 7.41. The number of anilines is 1. The number of carbonyl (C=O) groups is 1. The summed E-state index contributed by atoms with van der Waals surface area (Å²) >= 11 is 0. The Labute approximate surface area is 201 Å². The number of halogens is 3. The largest absolute Gasteiger partial charge is 0.426 e. The lowest BCUT2D eigenvalue weighted by atomic mass is 9.71. The Morgan fingerprint density at radius 1 is 1.06 bits per heavy atom. The van der Waals surface area contributed by atoms with Gasteiger partial charge in [0.2, 0.25) is 0 Å². The Hall–Kier alpha value is -3.49. The normalized spacial score (nSPS) is 18.1. The third-order valence-electron chi connectivity index (χ3n) is 7.28. The first-order valence-corrected chi connectivity index (χ1v) is 11.2. The van der Waals surface area contributed by atoms with E-state index in [4.69, 9.17) is 9.15 Å². The number of aromatic nitrogens is 1. The van der Waals surface area contributed by atoms with Crippen molar-refractivity contribution >= 4 is 11.7 Å². The second-order valence-electron chi connectivity index (χ2n) is 10.1.